The van der Waals surface area contributed by atoms with Gasteiger partial charge in [-0.2, -0.15) is 15.0 Å². The number of hydrogen-bond donors (Lipinski definition) is 1. The van der Waals surface area contributed by atoms with Crippen molar-refractivity contribution in [2.45, 2.75) is 6.54 Å². The molecule has 0 radical (unpaired) electrons. The number of nitrogens with one attached hydrogen (secondary N) is 1. The summed E-state index contributed by atoms with van der Waals surface area (Å²) in [5, 5.41) is 21.5. The summed E-state index contributed by atoms with van der Waals surface area (Å²) in [5.41, 5.74) is 1.39. The second kappa shape index (κ2) is 6.79. The van der Waals surface area contributed by atoms with Gasteiger partial charge >= 0.3 is 5.76 Å². The summed E-state index contributed by atoms with van der Waals surface area (Å²) in [5.74, 6) is -1.22. The molecule has 0 aliphatic heterocycles. The number of amides is 1. The lowest BCUT2D eigenvalue weighted by Gasteiger charge is -2.07. The third-order valence-corrected chi connectivity index (χ3v) is 3.97. The Morgan fingerprint density at radius 2 is 1.86 bits per heavy atom. The molecule has 0 bridgehead atoms. The van der Waals surface area contributed by atoms with Crippen molar-refractivity contribution in [1.29, 1.82) is 0 Å². The average molecular weight is 380 g/mol. The highest BCUT2D eigenvalue weighted by Crippen LogP contribution is 2.20. The number of carbonyl (C=O) groups excluding carboxylic acids is 1. The number of benzene rings is 2. The number of aromatic nitrogens is 4. The molecule has 140 valence electrons. The summed E-state index contributed by atoms with van der Waals surface area (Å²) < 4.78 is 6.11. The molecule has 11 heteroatoms. The molecule has 0 saturated heterocycles. The molecule has 0 saturated carbocycles. The van der Waals surface area contributed by atoms with Gasteiger partial charge in [0, 0.05) is 11.8 Å². The summed E-state index contributed by atoms with van der Waals surface area (Å²) in [6.07, 6.45) is 3.11. The number of anilines is 1. The third kappa shape index (κ3) is 3.23. The molecule has 28 heavy (non-hydrogen) atoms. The molecule has 11 nitrogen and oxygen atoms in total. The van der Waals surface area contributed by atoms with Gasteiger partial charge in [0.2, 0.25) is 5.91 Å². The van der Waals surface area contributed by atoms with Crippen LogP contribution in [0.25, 0.3) is 16.8 Å². The first-order valence-corrected chi connectivity index (χ1v) is 8.05. The van der Waals surface area contributed by atoms with Crippen molar-refractivity contribution in [1.82, 2.24) is 19.6 Å². The minimum absolute atomic E-state index is 0.0445. The van der Waals surface area contributed by atoms with Crippen molar-refractivity contribution < 1.29 is 14.1 Å². The highest BCUT2D eigenvalue weighted by molar-refractivity contribution is 5.91. The Hall–Kier alpha value is -4.28. The van der Waals surface area contributed by atoms with E-state index in [-0.39, 0.29) is 17.8 Å². The van der Waals surface area contributed by atoms with Gasteiger partial charge in [-0.3, -0.25) is 19.5 Å². The Morgan fingerprint density at radius 1 is 1.14 bits per heavy atom. The molecule has 1 N–H and O–H groups in total. The second-order valence-corrected chi connectivity index (χ2v) is 5.78. The van der Waals surface area contributed by atoms with Gasteiger partial charge in [-0.25, -0.2) is 4.79 Å². The van der Waals surface area contributed by atoms with E-state index in [1.807, 2.05) is 0 Å². The Morgan fingerprint density at radius 3 is 2.54 bits per heavy atom. The molecule has 4 rings (SSSR count). The van der Waals surface area contributed by atoms with E-state index in [0.29, 0.717) is 11.2 Å². The quantitative estimate of drug-likeness (QED) is 0.411. The van der Waals surface area contributed by atoms with Gasteiger partial charge in [0.25, 0.3) is 5.69 Å². The van der Waals surface area contributed by atoms with Crippen molar-refractivity contribution in [3.8, 4) is 5.69 Å². The third-order valence-electron chi connectivity index (χ3n) is 3.97. The number of non-ortho nitro benzene ring substituents is 1. The smallest absolute Gasteiger partial charge is 0.407 e. The first-order valence-electron chi connectivity index (χ1n) is 8.05. The average Bonchev–Trinajstić information content (AvgIpc) is 3.31. The monoisotopic (exact) mass is 380 g/mol. The minimum atomic E-state index is -0.772. The largest absolute Gasteiger partial charge is 0.420 e. The molecular formula is C17H12N6O5. The summed E-state index contributed by atoms with van der Waals surface area (Å²) in [6.45, 7) is -0.299. The number of nitro groups is 1. The summed E-state index contributed by atoms with van der Waals surface area (Å²) in [6, 6.07) is 10.6. The summed E-state index contributed by atoms with van der Waals surface area (Å²) in [4.78, 5) is 36.0. The maximum absolute atomic E-state index is 12.3. The van der Waals surface area contributed by atoms with Gasteiger partial charge in [0.15, 0.2) is 5.58 Å². The van der Waals surface area contributed by atoms with E-state index in [0.717, 1.165) is 16.3 Å². The molecule has 2 aromatic carbocycles. The number of fused-ring (bicyclic) bond motifs is 1. The molecule has 2 heterocycles. The summed E-state index contributed by atoms with van der Waals surface area (Å²) >= 11 is 0. The maximum atomic E-state index is 12.3. The zero-order chi connectivity index (χ0) is 19.7. The van der Waals surface area contributed by atoms with E-state index in [4.69, 9.17) is 4.42 Å². The molecule has 2 aromatic heterocycles. The van der Waals surface area contributed by atoms with Gasteiger partial charge < -0.3 is 9.73 Å². The number of carbonyl (C=O) groups is 1. The Labute approximate surface area is 156 Å². The lowest BCUT2D eigenvalue weighted by Crippen LogP contribution is -2.24. The van der Waals surface area contributed by atoms with Gasteiger partial charge in [-0.15, -0.1) is 0 Å². The van der Waals surface area contributed by atoms with Gasteiger partial charge in [-0.1, -0.05) is 0 Å². The van der Waals surface area contributed by atoms with Crippen molar-refractivity contribution in [2.75, 3.05) is 5.32 Å². The predicted octanol–water partition coefficient (Wildman–Crippen LogP) is 1.72. The fourth-order valence-corrected chi connectivity index (χ4v) is 2.69. The van der Waals surface area contributed by atoms with Crippen molar-refractivity contribution in [2.24, 2.45) is 0 Å². The number of hydrogen-bond acceptors (Lipinski definition) is 7. The van der Waals surface area contributed by atoms with Crippen LogP contribution in [0.5, 0.6) is 0 Å². The van der Waals surface area contributed by atoms with E-state index < -0.39 is 16.6 Å². The van der Waals surface area contributed by atoms with Crippen LogP contribution in [0.15, 0.2) is 64.1 Å². The molecular weight excluding hydrogens is 368 g/mol. The molecule has 0 unspecified atom stereocenters. The zero-order valence-electron chi connectivity index (χ0n) is 14.2. The first kappa shape index (κ1) is 17.1. The van der Waals surface area contributed by atoms with E-state index in [9.17, 15) is 19.7 Å². The summed E-state index contributed by atoms with van der Waals surface area (Å²) in [7, 11) is 0. The van der Waals surface area contributed by atoms with Crippen molar-refractivity contribution in [3.63, 3.8) is 0 Å². The van der Waals surface area contributed by atoms with E-state index >= 15 is 0 Å². The van der Waals surface area contributed by atoms with Crippen LogP contribution >= 0.6 is 0 Å². The Bertz CT molecular complexity index is 1220. The molecule has 0 fully saturated rings. The lowest BCUT2D eigenvalue weighted by atomic mass is 10.2. The maximum Gasteiger partial charge on any atom is 0.420 e. The fourth-order valence-electron chi connectivity index (χ4n) is 2.69. The topological polar surface area (TPSA) is 138 Å². The van der Waals surface area contributed by atoms with E-state index in [1.165, 1.54) is 16.9 Å². The van der Waals surface area contributed by atoms with Crippen LogP contribution in [-0.2, 0) is 11.3 Å². The van der Waals surface area contributed by atoms with Crippen LogP contribution in [0.2, 0.25) is 0 Å². The van der Waals surface area contributed by atoms with Gasteiger partial charge in [-0.05, 0) is 30.3 Å². The molecule has 0 spiro atoms. The Kier molecular flexibility index (Phi) is 4.16. The zero-order valence-corrected chi connectivity index (χ0v) is 14.2. The molecule has 0 aliphatic rings. The highest BCUT2D eigenvalue weighted by Gasteiger charge is 2.16. The van der Waals surface area contributed by atoms with Crippen molar-refractivity contribution in [3.05, 3.63) is 75.5 Å². The van der Waals surface area contributed by atoms with E-state index in [2.05, 4.69) is 15.5 Å². The van der Waals surface area contributed by atoms with Crippen LogP contribution in [0.4, 0.5) is 11.4 Å². The normalized spacial score (nSPS) is 10.9. The SMILES string of the molecule is O=C(Cn1c(=O)oc2cc([N+](=O)[O-])ccc21)Nc1ccc(-n2nccn2)cc1. The Balaban J connectivity index is 1.51. The number of nitrogens with zero attached hydrogens (tertiary/aromatic N) is 5. The minimum Gasteiger partial charge on any atom is -0.407 e. The lowest BCUT2D eigenvalue weighted by molar-refractivity contribution is -0.384. The molecule has 0 atom stereocenters. The molecule has 4 aromatic rings. The molecule has 1 amide bonds. The number of rotatable bonds is 5. The standard InChI is InChI=1S/C17H12N6O5/c24-16(20-11-1-3-12(4-2-11)22-18-7-8-19-22)10-21-14-6-5-13(23(26)27)9-15(14)28-17(21)25/h1-9H,10H2,(H,20,24). The second-order valence-electron chi connectivity index (χ2n) is 5.78. The van der Waals surface area contributed by atoms with E-state index in [1.54, 1.807) is 36.7 Å². The van der Waals surface area contributed by atoms with Crippen LogP contribution in [0, 0.1) is 10.1 Å². The van der Waals surface area contributed by atoms with Crippen molar-refractivity contribution >= 4 is 28.4 Å². The fraction of sp³-hybridized carbons (Fsp3) is 0.0588. The van der Waals surface area contributed by atoms with Gasteiger partial charge in [0.1, 0.15) is 6.54 Å². The van der Waals surface area contributed by atoms with Crippen LogP contribution in [0.1, 0.15) is 0 Å². The van der Waals surface area contributed by atoms with Crippen LogP contribution in [-0.4, -0.2) is 30.4 Å². The highest BCUT2D eigenvalue weighted by atomic mass is 16.6. The predicted molar refractivity (Wildman–Crippen MR) is 97.1 cm³/mol. The molecule has 0 aliphatic carbocycles. The number of oxazole rings is 1. The van der Waals surface area contributed by atoms with Crippen LogP contribution in [0.3, 0.4) is 0 Å². The van der Waals surface area contributed by atoms with Gasteiger partial charge in [0.05, 0.1) is 34.6 Å². The first-order chi connectivity index (χ1) is 13.5. The number of nitro benzene ring substituents is 1. The van der Waals surface area contributed by atoms with Crippen LogP contribution < -0.4 is 11.1 Å².